The SMILES string of the molecule is CC(C)C[C@H](NC(=O)c1cc2ccccc2[nH]1)C(=O)N1C[C@H]2[C@@H]([C@H]1C(=O)N[C@H](C(=O)CCl)C(C)(C)C)C2(C)C. The van der Waals surface area contributed by atoms with Gasteiger partial charge < -0.3 is 20.5 Å². The molecule has 0 bridgehead atoms. The summed E-state index contributed by atoms with van der Waals surface area (Å²) in [7, 11) is 0. The summed E-state index contributed by atoms with van der Waals surface area (Å²) in [5.41, 5.74) is 0.590. The van der Waals surface area contributed by atoms with E-state index in [-0.39, 0.29) is 52.6 Å². The molecule has 1 aromatic carbocycles. The lowest BCUT2D eigenvalue weighted by molar-refractivity contribution is -0.143. The Hall–Kier alpha value is -2.87. The van der Waals surface area contributed by atoms with E-state index >= 15 is 0 Å². The molecule has 0 spiro atoms. The molecule has 212 valence electrons. The van der Waals surface area contributed by atoms with Gasteiger partial charge in [0.05, 0.1) is 11.9 Å². The van der Waals surface area contributed by atoms with Gasteiger partial charge >= 0.3 is 0 Å². The number of carbonyl (C=O) groups excluding carboxylic acids is 4. The van der Waals surface area contributed by atoms with Crippen LogP contribution in [0.5, 0.6) is 0 Å². The van der Waals surface area contributed by atoms with Crippen molar-refractivity contribution >= 4 is 46.0 Å². The molecule has 2 heterocycles. The number of likely N-dealkylation sites (tertiary alicyclic amines) is 1. The highest BCUT2D eigenvalue weighted by Gasteiger charge is 2.69. The molecule has 3 amide bonds. The first-order valence-electron chi connectivity index (χ1n) is 13.7. The molecule has 5 atom stereocenters. The first-order chi connectivity index (χ1) is 18.2. The van der Waals surface area contributed by atoms with E-state index in [1.54, 1.807) is 11.0 Å². The molecule has 4 rings (SSSR count). The van der Waals surface area contributed by atoms with Crippen molar-refractivity contribution in [2.24, 2.45) is 28.6 Å². The minimum Gasteiger partial charge on any atom is -0.351 e. The smallest absolute Gasteiger partial charge is 0.268 e. The number of amides is 3. The largest absolute Gasteiger partial charge is 0.351 e. The van der Waals surface area contributed by atoms with Crippen LogP contribution < -0.4 is 10.6 Å². The van der Waals surface area contributed by atoms with E-state index < -0.39 is 23.5 Å². The molecule has 1 aliphatic heterocycles. The van der Waals surface area contributed by atoms with Gasteiger partial charge in [0.25, 0.3) is 5.91 Å². The third kappa shape index (κ3) is 5.72. The van der Waals surface area contributed by atoms with Crippen molar-refractivity contribution in [3.05, 3.63) is 36.0 Å². The molecule has 39 heavy (non-hydrogen) atoms. The Kier molecular flexibility index (Phi) is 7.92. The average Bonchev–Trinajstić information content (AvgIpc) is 3.23. The zero-order chi connectivity index (χ0) is 28.9. The Morgan fingerprint density at radius 1 is 1.13 bits per heavy atom. The lowest BCUT2D eigenvalue weighted by Gasteiger charge is -2.36. The van der Waals surface area contributed by atoms with Crippen LogP contribution in [0.4, 0.5) is 0 Å². The number of nitrogens with one attached hydrogen (secondary N) is 3. The second-order valence-electron chi connectivity index (χ2n) is 13.2. The maximum atomic E-state index is 14.0. The van der Waals surface area contributed by atoms with Gasteiger partial charge in [-0.15, -0.1) is 11.6 Å². The fourth-order valence-electron chi connectivity index (χ4n) is 6.22. The van der Waals surface area contributed by atoms with Crippen LogP contribution in [0.25, 0.3) is 10.9 Å². The number of hydrogen-bond donors (Lipinski definition) is 3. The van der Waals surface area contributed by atoms with Crippen LogP contribution >= 0.6 is 11.6 Å². The van der Waals surface area contributed by atoms with Gasteiger partial charge in [-0.3, -0.25) is 19.2 Å². The highest BCUT2D eigenvalue weighted by molar-refractivity contribution is 6.28. The molecule has 2 aromatic rings. The van der Waals surface area contributed by atoms with Crippen molar-refractivity contribution < 1.29 is 19.2 Å². The number of para-hydroxylation sites is 1. The lowest BCUT2D eigenvalue weighted by atomic mass is 9.84. The van der Waals surface area contributed by atoms with E-state index in [2.05, 4.69) is 29.5 Å². The lowest BCUT2D eigenvalue weighted by Crippen LogP contribution is -2.59. The fourth-order valence-corrected chi connectivity index (χ4v) is 6.38. The zero-order valence-corrected chi connectivity index (χ0v) is 24.7. The molecule has 1 aromatic heterocycles. The molecular formula is C30H41ClN4O4. The molecule has 1 saturated carbocycles. The summed E-state index contributed by atoms with van der Waals surface area (Å²) in [4.78, 5) is 58.4. The molecule has 9 heteroatoms. The Morgan fingerprint density at radius 3 is 2.38 bits per heavy atom. The van der Waals surface area contributed by atoms with Crippen molar-refractivity contribution in [3.63, 3.8) is 0 Å². The van der Waals surface area contributed by atoms with Gasteiger partial charge in [-0.05, 0) is 47.1 Å². The number of fused-ring (bicyclic) bond motifs is 2. The van der Waals surface area contributed by atoms with Crippen LogP contribution in [0.15, 0.2) is 30.3 Å². The van der Waals surface area contributed by atoms with E-state index in [9.17, 15) is 19.2 Å². The van der Waals surface area contributed by atoms with Crippen LogP contribution in [-0.2, 0) is 14.4 Å². The van der Waals surface area contributed by atoms with Crippen LogP contribution in [0.3, 0.4) is 0 Å². The van der Waals surface area contributed by atoms with Crippen molar-refractivity contribution in [1.82, 2.24) is 20.5 Å². The van der Waals surface area contributed by atoms with Gasteiger partial charge in [0.15, 0.2) is 5.78 Å². The predicted octanol–water partition coefficient (Wildman–Crippen LogP) is 4.13. The molecule has 2 fully saturated rings. The normalized spacial score (nSPS) is 23.3. The van der Waals surface area contributed by atoms with Crippen LogP contribution in [-0.4, -0.2) is 63.9 Å². The van der Waals surface area contributed by atoms with Crippen LogP contribution in [0.2, 0.25) is 0 Å². The Balaban J connectivity index is 1.58. The Labute approximate surface area is 235 Å². The highest BCUT2D eigenvalue weighted by atomic mass is 35.5. The predicted molar refractivity (Wildman–Crippen MR) is 152 cm³/mol. The van der Waals surface area contributed by atoms with Crippen molar-refractivity contribution in [2.45, 2.75) is 73.0 Å². The molecule has 0 unspecified atom stereocenters. The number of aromatic amines is 1. The van der Waals surface area contributed by atoms with E-state index in [0.717, 1.165) is 10.9 Å². The molecule has 0 radical (unpaired) electrons. The number of piperidine rings is 1. The van der Waals surface area contributed by atoms with Crippen LogP contribution in [0.1, 0.15) is 65.4 Å². The third-order valence-electron chi connectivity index (χ3n) is 8.45. The maximum Gasteiger partial charge on any atom is 0.268 e. The number of H-pyrrole nitrogens is 1. The summed E-state index contributed by atoms with van der Waals surface area (Å²) in [5.74, 6) is -1.15. The van der Waals surface area contributed by atoms with Gasteiger partial charge in [0.1, 0.15) is 17.8 Å². The molecule has 1 aliphatic carbocycles. The summed E-state index contributed by atoms with van der Waals surface area (Å²) in [6, 6.07) is 7.10. The summed E-state index contributed by atoms with van der Waals surface area (Å²) in [6.07, 6.45) is 0.434. The minimum atomic E-state index is -0.789. The van der Waals surface area contributed by atoms with Crippen molar-refractivity contribution in [1.29, 1.82) is 0 Å². The molecule has 1 saturated heterocycles. The highest BCUT2D eigenvalue weighted by Crippen LogP contribution is 2.65. The minimum absolute atomic E-state index is 0.0164. The van der Waals surface area contributed by atoms with Crippen molar-refractivity contribution in [2.75, 3.05) is 12.4 Å². The Bertz CT molecular complexity index is 1240. The number of alkyl halides is 1. The monoisotopic (exact) mass is 556 g/mol. The number of hydrogen-bond acceptors (Lipinski definition) is 4. The van der Waals surface area contributed by atoms with Gasteiger partial charge in [-0.1, -0.05) is 66.7 Å². The van der Waals surface area contributed by atoms with E-state index in [1.165, 1.54) is 0 Å². The number of rotatable bonds is 9. The number of halogens is 1. The average molecular weight is 557 g/mol. The second-order valence-corrected chi connectivity index (χ2v) is 13.5. The van der Waals surface area contributed by atoms with Crippen LogP contribution in [0, 0.1) is 28.6 Å². The van der Waals surface area contributed by atoms with E-state index in [1.807, 2.05) is 58.9 Å². The number of benzene rings is 1. The third-order valence-corrected chi connectivity index (χ3v) is 8.72. The Morgan fingerprint density at radius 2 is 1.79 bits per heavy atom. The number of Topliss-reactive ketones (excluding diaryl/α,β-unsaturated/α-hetero) is 1. The molecule has 8 nitrogen and oxygen atoms in total. The number of nitrogens with zero attached hydrogens (tertiary/aromatic N) is 1. The number of aromatic nitrogens is 1. The molecular weight excluding hydrogens is 516 g/mol. The summed E-state index contributed by atoms with van der Waals surface area (Å²) >= 11 is 5.86. The standard InChI is InChI=1S/C30H41ClN4O4/c1-16(2)12-21(33-26(37)20-13-17-10-8-9-11-19(17)32-20)28(39)35-15-18-23(30(18,6)7)24(35)27(38)34-25(22(36)14-31)29(3,4)5/h8-11,13,16,18,21,23-25,32H,12,14-15H2,1-7H3,(H,33,37)(H,34,38)/t18-,21-,23-,24-,25+/m0/s1. The second kappa shape index (κ2) is 10.6. The molecule has 3 N–H and O–H groups in total. The summed E-state index contributed by atoms with van der Waals surface area (Å²) in [5, 5.41) is 6.78. The van der Waals surface area contributed by atoms with Gasteiger partial charge in [-0.2, -0.15) is 0 Å². The number of carbonyl (C=O) groups is 4. The maximum absolute atomic E-state index is 14.0. The number of ketones is 1. The topological polar surface area (TPSA) is 111 Å². The quantitative estimate of drug-likeness (QED) is 0.403. The van der Waals surface area contributed by atoms with E-state index in [0.29, 0.717) is 18.7 Å². The van der Waals surface area contributed by atoms with Gasteiger partial charge in [0.2, 0.25) is 11.8 Å². The summed E-state index contributed by atoms with van der Waals surface area (Å²) in [6.45, 7) is 14.3. The fraction of sp³-hybridized carbons (Fsp3) is 0.600. The summed E-state index contributed by atoms with van der Waals surface area (Å²) < 4.78 is 0. The first-order valence-corrected chi connectivity index (χ1v) is 14.3. The first kappa shape index (κ1) is 29.1. The van der Waals surface area contributed by atoms with Gasteiger partial charge in [0, 0.05) is 17.4 Å². The van der Waals surface area contributed by atoms with Gasteiger partial charge in [-0.25, -0.2) is 0 Å². The molecule has 2 aliphatic rings. The van der Waals surface area contributed by atoms with Crippen molar-refractivity contribution in [3.8, 4) is 0 Å². The zero-order valence-electron chi connectivity index (χ0n) is 23.9. The van der Waals surface area contributed by atoms with E-state index in [4.69, 9.17) is 11.6 Å².